The van der Waals surface area contributed by atoms with Gasteiger partial charge in [-0.3, -0.25) is 0 Å². The van der Waals surface area contributed by atoms with Crippen LogP contribution in [0.1, 0.15) is 24.8 Å². The van der Waals surface area contributed by atoms with Crippen molar-refractivity contribution in [3.05, 3.63) is 29.8 Å². The summed E-state index contributed by atoms with van der Waals surface area (Å²) in [5.74, 6) is 0. The number of anilines is 1. The van der Waals surface area contributed by atoms with Crippen molar-refractivity contribution in [1.29, 1.82) is 0 Å². The number of nitrogens with two attached hydrogens (primary N) is 1. The molecule has 3 nitrogen and oxygen atoms in total. The quantitative estimate of drug-likeness (QED) is 0.905. The van der Waals surface area contributed by atoms with Gasteiger partial charge in [0.15, 0.2) is 0 Å². The Bertz CT molecular complexity index is 427. The number of para-hydroxylation sites is 1. The van der Waals surface area contributed by atoms with Crippen molar-refractivity contribution in [2.24, 2.45) is 11.1 Å². The Balaban J connectivity index is 1.84. The van der Waals surface area contributed by atoms with E-state index in [9.17, 15) is 0 Å². The van der Waals surface area contributed by atoms with Crippen LogP contribution in [-0.4, -0.2) is 32.8 Å². The van der Waals surface area contributed by atoms with Gasteiger partial charge >= 0.3 is 0 Å². The van der Waals surface area contributed by atoms with E-state index in [0.717, 1.165) is 39.3 Å². The second-order valence-corrected chi connectivity index (χ2v) is 6.01. The molecule has 1 aromatic rings. The number of hydrogen-bond donors (Lipinski definition) is 1. The average molecular weight is 260 g/mol. The van der Waals surface area contributed by atoms with Crippen LogP contribution in [0.2, 0.25) is 0 Å². The Hall–Kier alpha value is -1.06. The van der Waals surface area contributed by atoms with Gasteiger partial charge in [-0.1, -0.05) is 18.2 Å². The van der Waals surface area contributed by atoms with Crippen molar-refractivity contribution >= 4 is 5.69 Å². The summed E-state index contributed by atoms with van der Waals surface area (Å²) in [6, 6.07) is 8.84. The number of hydrogen-bond acceptors (Lipinski definition) is 3. The highest BCUT2D eigenvalue weighted by atomic mass is 16.5. The molecular weight excluding hydrogens is 236 g/mol. The second-order valence-electron chi connectivity index (χ2n) is 6.01. The van der Waals surface area contributed by atoms with Gasteiger partial charge in [-0.05, 0) is 37.3 Å². The summed E-state index contributed by atoms with van der Waals surface area (Å²) in [7, 11) is 0. The molecule has 0 aromatic heterocycles. The molecule has 19 heavy (non-hydrogen) atoms. The van der Waals surface area contributed by atoms with Gasteiger partial charge in [-0.25, -0.2) is 0 Å². The fourth-order valence-electron chi connectivity index (χ4n) is 3.34. The molecule has 1 atom stereocenters. The number of aryl methyl sites for hydroxylation is 1. The van der Waals surface area contributed by atoms with Gasteiger partial charge in [0.25, 0.3) is 0 Å². The zero-order valence-electron chi connectivity index (χ0n) is 11.6. The number of nitrogens with zero attached hydrogens (tertiary/aromatic N) is 1. The first-order chi connectivity index (χ1) is 9.33. The third-order valence-corrected chi connectivity index (χ3v) is 4.60. The van der Waals surface area contributed by atoms with Crippen LogP contribution in [0.25, 0.3) is 0 Å². The van der Waals surface area contributed by atoms with Crippen LogP contribution in [0, 0.1) is 5.41 Å². The molecule has 104 valence electrons. The Morgan fingerprint density at radius 1 is 1.26 bits per heavy atom. The van der Waals surface area contributed by atoms with Crippen LogP contribution in [0.15, 0.2) is 24.3 Å². The maximum absolute atomic E-state index is 6.04. The first-order valence-electron chi connectivity index (χ1n) is 7.44. The zero-order chi connectivity index (χ0) is 13.1. The summed E-state index contributed by atoms with van der Waals surface area (Å²) < 4.78 is 5.61. The predicted molar refractivity (Wildman–Crippen MR) is 78.5 cm³/mol. The molecule has 0 spiro atoms. The Kier molecular flexibility index (Phi) is 3.76. The lowest BCUT2D eigenvalue weighted by molar-refractivity contribution is 0.157. The number of benzene rings is 1. The molecule has 0 amide bonds. The molecular formula is C16H24N2O. The zero-order valence-corrected chi connectivity index (χ0v) is 11.6. The van der Waals surface area contributed by atoms with E-state index in [1.165, 1.54) is 30.5 Å². The summed E-state index contributed by atoms with van der Waals surface area (Å²) >= 11 is 0. The van der Waals surface area contributed by atoms with Crippen LogP contribution >= 0.6 is 0 Å². The van der Waals surface area contributed by atoms with Gasteiger partial charge in [-0.15, -0.1) is 0 Å². The van der Waals surface area contributed by atoms with E-state index in [-0.39, 0.29) is 5.41 Å². The van der Waals surface area contributed by atoms with Gasteiger partial charge < -0.3 is 15.4 Å². The monoisotopic (exact) mass is 260 g/mol. The summed E-state index contributed by atoms with van der Waals surface area (Å²) in [4.78, 5) is 2.55. The highest BCUT2D eigenvalue weighted by molar-refractivity contribution is 5.54. The SMILES string of the molecule is NCC1(CN2CCCCc3ccccc32)CCOC1. The number of fused-ring (bicyclic) bond motifs is 1. The molecule has 1 unspecified atom stereocenters. The number of rotatable bonds is 3. The minimum Gasteiger partial charge on any atom is -0.381 e. The normalized spacial score (nSPS) is 27.1. The molecule has 1 fully saturated rings. The van der Waals surface area contributed by atoms with Crippen LogP contribution in [0.4, 0.5) is 5.69 Å². The molecule has 2 aliphatic rings. The fraction of sp³-hybridized carbons (Fsp3) is 0.625. The standard InChI is InChI=1S/C16H24N2O/c17-11-16(8-10-19-13-16)12-18-9-4-3-6-14-5-1-2-7-15(14)18/h1-2,5,7H,3-4,6,8-13,17H2. The van der Waals surface area contributed by atoms with E-state index in [1.54, 1.807) is 0 Å². The molecule has 1 aromatic carbocycles. The first-order valence-corrected chi connectivity index (χ1v) is 7.44. The summed E-state index contributed by atoms with van der Waals surface area (Å²) in [5.41, 5.74) is 9.11. The summed E-state index contributed by atoms with van der Waals surface area (Å²) in [6.07, 6.45) is 4.87. The maximum atomic E-state index is 6.04. The van der Waals surface area contributed by atoms with E-state index < -0.39 is 0 Å². The molecule has 2 N–H and O–H groups in total. The van der Waals surface area contributed by atoms with Crippen LogP contribution < -0.4 is 10.6 Å². The largest absolute Gasteiger partial charge is 0.381 e. The summed E-state index contributed by atoms with van der Waals surface area (Å²) in [5, 5.41) is 0. The molecule has 2 heterocycles. The molecule has 1 saturated heterocycles. The lowest BCUT2D eigenvalue weighted by atomic mass is 9.86. The van der Waals surface area contributed by atoms with Crippen molar-refractivity contribution < 1.29 is 4.74 Å². The average Bonchev–Trinajstić information content (AvgIpc) is 2.83. The number of ether oxygens (including phenoxy) is 1. The molecule has 0 aliphatic carbocycles. The smallest absolute Gasteiger partial charge is 0.0552 e. The highest BCUT2D eigenvalue weighted by Gasteiger charge is 2.36. The first kappa shape index (κ1) is 12.9. The highest BCUT2D eigenvalue weighted by Crippen LogP contribution is 2.33. The fourth-order valence-corrected chi connectivity index (χ4v) is 3.34. The van der Waals surface area contributed by atoms with Gasteiger partial charge in [0.2, 0.25) is 0 Å². The van der Waals surface area contributed by atoms with Gasteiger partial charge in [0.1, 0.15) is 0 Å². The van der Waals surface area contributed by atoms with Gasteiger partial charge in [0, 0.05) is 37.3 Å². The van der Waals surface area contributed by atoms with Crippen molar-refractivity contribution in [1.82, 2.24) is 0 Å². The van der Waals surface area contributed by atoms with Gasteiger partial charge in [0.05, 0.1) is 6.61 Å². The minimum absolute atomic E-state index is 0.164. The van der Waals surface area contributed by atoms with E-state index in [1.807, 2.05) is 0 Å². The van der Waals surface area contributed by atoms with E-state index >= 15 is 0 Å². The molecule has 3 heteroatoms. The summed E-state index contributed by atoms with van der Waals surface area (Å²) in [6.45, 7) is 4.61. The van der Waals surface area contributed by atoms with Crippen molar-refractivity contribution in [3.8, 4) is 0 Å². The molecule has 3 rings (SSSR count). The van der Waals surface area contributed by atoms with Crippen molar-refractivity contribution in [2.45, 2.75) is 25.7 Å². The second kappa shape index (κ2) is 5.51. The predicted octanol–water partition coefficient (Wildman–Crippen LogP) is 2.19. The molecule has 2 aliphatic heterocycles. The van der Waals surface area contributed by atoms with E-state index in [0.29, 0.717) is 0 Å². The Morgan fingerprint density at radius 2 is 2.16 bits per heavy atom. The topological polar surface area (TPSA) is 38.5 Å². The maximum Gasteiger partial charge on any atom is 0.0552 e. The third-order valence-electron chi connectivity index (χ3n) is 4.60. The van der Waals surface area contributed by atoms with E-state index in [2.05, 4.69) is 29.2 Å². The Morgan fingerprint density at radius 3 is 2.95 bits per heavy atom. The van der Waals surface area contributed by atoms with E-state index in [4.69, 9.17) is 10.5 Å². The molecule has 0 radical (unpaired) electrons. The van der Waals surface area contributed by atoms with Crippen LogP contribution in [0.3, 0.4) is 0 Å². The third kappa shape index (κ3) is 2.63. The minimum atomic E-state index is 0.164. The molecule has 0 saturated carbocycles. The van der Waals surface area contributed by atoms with Crippen molar-refractivity contribution in [2.75, 3.05) is 37.7 Å². The van der Waals surface area contributed by atoms with Crippen LogP contribution in [-0.2, 0) is 11.2 Å². The lowest BCUT2D eigenvalue weighted by Crippen LogP contribution is -2.43. The van der Waals surface area contributed by atoms with Gasteiger partial charge in [-0.2, -0.15) is 0 Å². The lowest BCUT2D eigenvalue weighted by Gasteiger charge is -2.35. The van der Waals surface area contributed by atoms with Crippen LogP contribution in [0.5, 0.6) is 0 Å². The Labute approximate surface area is 115 Å². The molecule has 0 bridgehead atoms. The van der Waals surface area contributed by atoms with Crippen molar-refractivity contribution in [3.63, 3.8) is 0 Å².